The minimum Gasteiger partial charge on any atom is -0.452 e. The van der Waals surface area contributed by atoms with Crippen LogP contribution >= 0.6 is 15.9 Å². The van der Waals surface area contributed by atoms with Crippen molar-refractivity contribution in [1.82, 2.24) is 0 Å². The number of esters is 1. The molecule has 23 heavy (non-hydrogen) atoms. The number of para-hydroxylation sites is 1. The molecule has 0 aliphatic heterocycles. The Morgan fingerprint density at radius 1 is 1.04 bits per heavy atom. The maximum Gasteiger partial charge on any atom is 0.338 e. The quantitative estimate of drug-likeness (QED) is 0.641. The lowest BCUT2D eigenvalue weighted by Crippen LogP contribution is -2.21. The third kappa shape index (κ3) is 4.75. The van der Waals surface area contributed by atoms with Gasteiger partial charge in [0.2, 0.25) is 0 Å². The van der Waals surface area contributed by atoms with Crippen LogP contribution in [0, 0.1) is 0 Å². The van der Waals surface area contributed by atoms with Crippen molar-refractivity contribution in [3.8, 4) is 0 Å². The van der Waals surface area contributed by atoms with Crippen LogP contribution in [-0.2, 0) is 9.53 Å². The molecule has 0 radical (unpaired) electrons. The Kier molecular flexibility index (Phi) is 5.65. The third-order valence-corrected chi connectivity index (χ3v) is 3.52. The van der Waals surface area contributed by atoms with E-state index >= 15 is 0 Å². The number of carbonyl (C=O) groups excluding carboxylic acids is 3. The highest BCUT2D eigenvalue weighted by atomic mass is 79.9. The maximum absolute atomic E-state index is 11.9. The topological polar surface area (TPSA) is 72.5 Å². The van der Waals surface area contributed by atoms with Gasteiger partial charge in [-0.2, -0.15) is 0 Å². The smallest absolute Gasteiger partial charge is 0.338 e. The van der Waals surface area contributed by atoms with Gasteiger partial charge in [-0.1, -0.05) is 28.1 Å². The predicted molar refractivity (Wildman–Crippen MR) is 89.5 cm³/mol. The number of anilines is 1. The van der Waals surface area contributed by atoms with Crippen molar-refractivity contribution in [3.05, 3.63) is 64.1 Å². The Morgan fingerprint density at radius 3 is 2.35 bits per heavy atom. The Balaban J connectivity index is 1.94. The number of amides is 1. The van der Waals surface area contributed by atoms with E-state index in [2.05, 4.69) is 21.2 Å². The lowest BCUT2D eigenvalue weighted by molar-refractivity contribution is -0.119. The highest BCUT2D eigenvalue weighted by Crippen LogP contribution is 2.15. The second-order valence-electron chi connectivity index (χ2n) is 4.73. The Hall–Kier alpha value is -2.47. The lowest BCUT2D eigenvalue weighted by Gasteiger charge is -2.09. The monoisotopic (exact) mass is 375 g/mol. The zero-order chi connectivity index (χ0) is 16.8. The summed E-state index contributed by atoms with van der Waals surface area (Å²) in [6.45, 7) is 0.986. The molecular weight excluding hydrogens is 362 g/mol. The number of Topliss-reactive ketones (excluding diaryl/α,β-unsaturated/α-hetero) is 1. The van der Waals surface area contributed by atoms with E-state index in [0.717, 1.165) is 4.47 Å². The van der Waals surface area contributed by atoms with Gasteiger partial charge in [0.15, 0.2) is 12.4 Å². The van der Waals surface area contributed by atoms with Crippen LogP contribution in [0.2, 0.25) is 0 Å². The van der Waals surface area contributed by atoms with Crippen molar-refractivity contribution in [2.45, 2.75) is 6.92 Å². The first-order chi connectivity index (χ1) is 11.0. The van der Waals surface area contributed by atoms with Crippen molar-refractivity contribution >= 4 is 39.3 Å². The van der Waals surface area contributed by atoms with Crippen molar-refractivity contribution in [3.63, 3.8) is 0 Å². The Labute approximate surface area is 141 Å². The van der Waals surface area contributed by atoms with Gasteiger partial charge in [0.25, 0.3) is 5.91 Å². The molecule has 0 aliphatic rings. The summed E-state index contributed by atoms with van der Waals surface area (Å²) in [5.41, 5.74) is 1.15. The van der Waals surface area contributed by atoms with Crippen LogP contribution in [-0.4, -0.2) is 24.3 Å². The highest BCUT2D eigenvalue weighted by molar-refractivity contribution is 9.10. The SMILES string of the molecule is CC(=O)c1ccccc1NC(=O)COC(=O)c1ccc(Br)cc1. The number of ether oxygens (including phenoxy) is 1. The number of ketones is 1. The normalized spacial score (nSPS) is 10.0. The van der Waals surface area contributed by atoms with E-state index in [1.165, 1.54) is 6.92 Å². The summed E-state index contributed by atoms with van der Waals surface area (Å²) in [6, 6.07) is 13.2. The molecule has 0 saturated heterocycles. The summed E-state index contributed by atoms with van der Waals surface area (Å²) in [5.74, 6) is -1.26. The second kappa shape index (κ2) is 7.69. The maximum atomic E-state index is 11.9. The lowest BCUT2D eigenvalue weighted by atomic mass is 10.1. The average molecular weight is 376 g/mol. The summed E-state index contributed by atoms with van der Waals surface area (Å²) in [6.07, 6.45) is 0. The summed E-state index contributed by atoms with van der Waals surface area (Å²) in [5, 5.41) is 2.56. The Bertz CT molecular complexity index is 741. The summed E-state index contributed by atoms with van der Waals surface area (Å²) < 4.78 is 5.79. The zero-order valence-corrected chi connectivity index (χ0v) is 13.9. The molecule has 0 heterocycles. The van der Waals surface area contributed by atoms with Crippen LogP contribution in [0.4, 0.5) is 5.69 Å². The molecule has 118 valence electrons. The first-order valence-corrected chi connectivity index (χ1v) is 7.59. The van der Waals surface area contributed by atoms with Gasteiger partial charge in [-0.25, -0.2) is 4.79 Å². The molecule has 0 atom stereocenters. The molecule has 0 saturated carbocycles. The molecular formula is C17H14BrNO4. The average Bonchev–Trinajstić information content (AvgIpc) is 2.53. The number of hydrogen-bond donors (Lipinski definition) is 1. The minimum atomic E-state index is -0.590. The van der Waals surface area contributed by atoms with Crippen molar-refractivity contribution in [2.24, 2.45) is 0 Å². The standard InChI is InChI=1S/C17H14BrNO4/c1-11(20)14-4-2-3-5-15(14)19-16(21)10-23-17(22)12-6-8-13(18)9-7-12/h2-9H,10H2,1H3,(H,19,21). The van der Waals surface area contributed by atoms with E-state index in [1.807, 2.05) is 0 Å². The molecule has 0 bridgehead atoms. The van der Waals surface area contributed by atoms with Crippen LogP contribution in [0.5, 0.6) is 0 Å². The minimum absolute atomic E-state index is 0.159. The molecule has 1 N–H and O–H groups in total. The van der Waals surface area contributed by atoms with E-state index in [-0.39, 0.29) is 5.78 Å². The largest absolute Gasteiger partial charge is 0.452 e. The fourth-order valence-electron chi connectivity index (χ4n) is 1.89. The van der Waals surface area contributed by atoms with Crippen molar-refractivity contribution < 1.29 is 19.1 Å². The molecule has 2 aromatic carbocycles. The van der Waals surface area contributed by atoms with Gasteiger partial charge >= 0.3 is 5.97 Å². The highest BCUT2D eigenvalue weighted by Gasteiger charge is 2.12. The van der Waals surface area contributed by atoms with Gasteiger partial charge in [0.05, 0.1) is 11.3 Å². The fourth-order valence-corrected chi connectivity index (χ4v) is 2.15. The van der Waals surface area contributed by atoms with Crippen molar-refractivity contribution in [1.29, 1.82) is 0 Å². The second-order valence-corrected chi connectivity index (χ2v) is 5.65. The number of hydrogen-bond acceptors (Lipinski definition) is 4. The predicted octanol–water partition coefficient (Wildman–Crippen LogP) is 3.45. The fraction of sp³-hybridized carbons (Fsp3) is 0.118. The third-order valence-electron chi connectivity index (χ3n) is 2.99. The van der Waals surface area contributed by atoms with Crippen LogP contribution in [0.15, 0.2) is 53.0 Å². The molecule has 0 aromatic heterocycles. The number of nitrogens with one attached hydrogen (secondary N) is 1. The molecule has 0 fully saturated rings. The number of carbonyl (C=O) groups is 3. The van der Waals surface area contributed by atoms with Gasteiger partial charge in [-0.3, -0.25) is 9.59 Å². The van der Waals surface area contributed by atoms with E-state index in [4.69, 9.17) is 4.74 Å². The first kappa shape index (κ1) is 16.9. The van der Waals surface area contributed by atoms with Gasteiger partial charge in [-0.15, -0.1) is 0 Å². The Morgan fingerprint density at radius 2 is 1.70 bits per heavy atom. The summed E-state index contributed by atoms with van der Waals surface area (Å²) >= 11 is 3.27. The van der Waals surface area contributed by atoms with Crippen LogP contribution in [0.25, 0.3) is 0 Å². The number of rotatable bonds is 5. The van der Waals surface area contributed by atoms with Gasteiger partial charge in [0, 0.05) is 10.0 Å². The van der Waals surface area contributed by atoms with E-state index in [9.17, 15) is 14.4 Å². The molecule has 1 amide bonds. The molecule has 0 aliphatic carbocycles. The van der Waals surface area contributed by atoms with E-state index in [1.54, 1.807) is 48.5 Å². The van der Waals surface area contributed by atoms with Gasteiger partial charge < -0.3 is 10.1 Å². The molecule has 5 nitrogen and oxygen atoms in total. The van der Waals surface area contributed by atoms with E-state index < -0.39 is 18.5 Å². The molecule has 2 aromatic rings. The van der Waals surface area contributed by atoms with E-state index in [0.29, 0.717) is 16.8 Å². The molecule has 2 rings (SSSR count). The van der Waals surface area contributed by atoms with Crippen LogP contribution < -0.4 is 5.32 Å². The zero-order valence-electron chi connectivity index (χ0n) is 12.3. The summed E-state index contributed by atoms with van der Waals surface area (Å²) in [4.78, 5) is 35.2. The van der Waals surface area contributed by atoms with Crippen LogP contribution in [0.3, 0.4) is 0 Å². The molecule has 6 heteroatoms. The molecule has 0 spiro atoms. The molecule has 0 unspecified atom stereocenters. The van der Waals surface area contributed by atoms with Gasteiger partial charge in [0.1, 0.15) is 0 Å². The van der Waals surface area contributed by atoms with Crippen molar-refractivity contribution in [2.75, 3.05) is 11.9 Å². The summed E-state index contributed by atoms with van der Waals surface area (Å²) in [7, 11) is 0. The number of halogens is 1. The number of benzene rings is 2. The first-order valence-electron chi connectivity index (χ1n) is 6.80. The van der Waals surface area contributed by atoms with Crippen LogP contribution in [0.1, 0.15) is 27.6 Å². The van der Waals surface area contributed by atoms with Gasteiger partial charge in [-0.05, 0) is 43.3 Å².